The average Bonchev–Trinajstić information content (AvgIpc) is 2.34. The number of hydrogen-bond donors (Lipinski definition) is 0. The van der Waals surface area contributed by atoms with E-state index >= 15 is 0 Å². The van der Waals surface area contributed by atoms with Crippen LogP contribution in [0.5, 0.6) is 0 Å². The summed E-state index contributed by atoms with van der Waals surface area (Å²) in [6, 6.07) is 8.86. The quantitative estimate of drug-likeness (QED) is 0.403. The molecule has 1 aromatic rings. The van der Waals surface area contributed by atoms with Crippen LogP contribution < -0.4 is 0 Å². The smallest absolute Gasteiger partial charge is 0.338 e. The lowest BCUT2D eigenvalue weighted by Crippen LogP contribution is -2.12. The van der Waals surface area contributed by atoms with Crippen LogP contribution in [0.1, 0.15) is 17.3 Å². The van der Waals surface area contributed by atoms with Crippen molar-refractivity contribution in [2.75, 3.05) is 26.6 Å². The molecule has 0 aliphatic heterocycles. The van der Waals surface area contributed by atoms with Gasteiger partial charge in [0.15, 0.2) is 0 Å². The highest BCUT2D eigenvalue weighted by Gasteiger charge is 2.04. The molecule has 4 nitrogen and oxygen atoms in total. The lowest BCUT2D eigenvalue weighted by Gasteiger charge is -2.05. The van der Waals surface area contributed by atoms with Crippen molar-refractivity contribution in [2.24, 2.45) is 0 Å². The first-order chi connectivity index (χ1) is 7.84. The number of esters is 1. The highest BCUT2D eigenvalue weighted by atomic mass is 16.7. The SMILES string of the molecule is CCOCOCCOC(=O)c1ccccc1. The van der Waals surface area contributed by atoms with E-state index in [1.807, 2.05) is 13.0 Å². The first-order valence-electron chi connectivity index (χ1n) is 5.22. The summed E-state index contributed by atoms with van der Waals surface area (Å²) in [4.78, 5) is 11.4. The highest BCUT2D eigenvalue weighted by Crippen LogP contribution is 2.00. The van der Waals surface area contributed by atoms with Crippen molar-refractivity contribution in [3.63, 3.8) is 0 Å². The van der Waals surface area contributed by atoms with E-state index in [4.69, 9.17) is 14.2 Å². The molecule has 0 atom stereocenters. The van der Waals surface area contributed by atoms with Crippen molar-refractivity contribution in [1.82, 2.24) is 0 Å². The molecule has 0 fully saturated rings. The minimum absolute atomic E-state index is 0.236. The van der Waals surface area contributed by atoms with Gasteiger partial charge >= 0.3 is 5.97 Å². The molecular formula is C12H16O4. The van der Waals surface area contributed by atoms with Crippen molar-refractivity contribution < 1.29 is 19.0 Å². The van der Waals surface area contributed by atoms with Crippen LogP contribution in [-0.4, -0.2) is 32.6 Å². The lowest BCUT2D eigenvalue weighted by atomic mass is 10.2. The fourth-order valence-corrected chi connectivity index (χ4v) is 1.05. The summed E-state index contributed by atoms with van der Waals surface area (Å²) in [5.74, 6) is -0.333. The van der Waals surface area contributed by atoms with Crippen LogP contribution in [0.25, 0.3) is 0 Å². The standard InChI is InChI=1S/C12H16O4/c1-2-14-10-15-8-9-16-12(13)11-6-4-3-5-7-11/h3-7H,2,8-10H2,1H3. The van der Waals surface area contributed by atoms with Crippen LogP contribution >= 0.6 is 0 Å². The number of benzene rings is 1. The maximum Gasteiger partial charge on any atom is 0.338 e. The molecule has 0 N–H and O–H groups in total. The van der Waals surface area contributed by atoms with Gasteiger partial charge in [-0.05, 0) is 19.1 Å². The molecule has 0 radical (unpaired) electrons. The maximum absolute atomic E-state index is 11.4. The second-order valence-electron chi connectivity index (χ2n) is 3.02. The number of rotatable bonds is 7. The molecule has 0 saturated carbocycles. The average molecular weight is 224 g/mol. The zero-order chi connectivity index (χ0) is 11.6. The Morgan fingerprint density at radius 1 is 1.12 bits per heavy atom. The van der Waals surface area contributed by atoms with Crippen LogP contribution in [-0.2, 0) is 14.2 Å². The fourth-order valence-electron chi connectivity index (χ4n) is 1.05. The van der Waals surface area contributed by atoms with Gasteiger partial charge in [0.25, 0.3) is 0 Å². The Balaban J connectivity index is 2.12. The summed E-state index contributed by atoms with van der Waals surface area (Å²) in [7, 11) is 0. The molecule has 0 heterocycles. The van der Waals surface area contributed by atoms with Gasteiger partial charge in [-0.1, -0.05) is 18.2 Å². The minimum atomic E-state index is -0.333. The molecule has 0 amide bonds. The summed E-state index contributed by atoms with van der Waals surface area (Å²) in [6.45, 7) is 3.32. The summed E-state index contributed by atoms with van der Waals surface area (Å²) in [6.07, 6.45) is 0. The molecular weight excluding hydrogens is 208 g/mol. The number of hydrogen-bond acceptors (Lipinski definition) is 4. The number of carbonyl (C=O) groups is 1. The van der Waals surface area contributed by atoms with Crippen molar-refractivity contribution in [3.8, 4) is 0 Å². The second-order valence-corrected chi connectivity index (χ2v) is 3.02. The molecule has 0 aliphatic rings. The van der Waals surface area contributed by atoms with Gasteiger partial charge in [0, 0.05) is 6.61 Å². The van der Waals surface area contributed by atoms with Crippen LogP contribution in [0.2, 0.25) is 0 Å². The summed E-state index contributed by atoms with van der Waals surface area (Å²) < 4.78 is 15.0. The molecule has 0 unspecified atom stereocenters. The van der Waals surface area contributed by atoms with Gasteiger partial charge in [0.2, 0.25) is 0 Å². The second kappa shape index (κ2) is 7.84. The third-order valence-corrected chi connectivity index (χ3v) is 1.84. The topological polar surface area (TPSA) is 44.8 Å². The molecule has 0 aromatic heterocycles. The molecule has 1 aromatic carbocycles. The summed E-state index contributed by atoms with van der Waals surface area (Å²) in [5.41, 5.74) is 0.548. The fraction of sp³-hybridized carbons (Fsp3) is 0.417. The Morgan fingerprint density at radius 2 is 1.88 bits per heavy atom. The zero-order valence-corrected chi connectivity index (χ0v) is 9.35. The molecule has 0 bridgehead atoms. The third kappa shape index (κ3) is 4.91. The number of ether oxygens (including phenoxy) is 3. The monoisotopic (exact) mass is 224 g/mol. The minimum Gasteiger partial charge on any atom is -0.460 e. The Kier molecular flexibility index (Phi) is 6.22. The zero-order valence-electron chi connectivity index (χ0n) is 9.35. The van der Waals surface area contributed by atoms with E-state index < -0.39 is 0 Å². The molecule has 0 saturated heterocycles. The van der Waals surface area contributed by atoms with Gasteiger partial charge in [-0.3, -0.25) is 0 Å². The van der Waals surface area contributed by atoms with Gasteiger partial charge in [0.1, 0.15) is 13.4 Å². The molecule has 16 heavy (non-hydrogen) atoms. The predicted molar refractivity (Wildman–Crippen MR) is 59.2 cm³/mol. The Morgan fingerprint density at radius 3 is 2.56 bits per heavy atom. The highest BCUT2D eigenvalue weighted by molar-refractivity contribution is 5.89. The molecule has 1 rings (SSSR count). The normalized spacial score (nSPS) is 10.1. The van der Waals surface area contributed by atoms with E-state index in [1.165, 1.54) is 0 Å². The first kappa shape index (κ1) is 12.7. The van der Waals surface area contributed by atoms with Crippen LogP contribution in [0.4, 0.5) is 0 Å². The summed E-state index contributed by atoms with van der Waals surface area (Å²) in [5, 5.41) is 0. The molecule has 0 spiro atoms. The lowest BCUT2D eigenvalue weighted by molar-refractivity contribution is -0.0609. The van der Waals surface area contributed by atoms with Crippen molar-refractivity contribution in [1.29, 1.82) is 0 Å². The molecule has 88 valence electrons. The Hall–Kier alpha value is -1.39. The Bertz CT molecular complexity index is 297. The van der Waals surface area contributed by atoms with Gasteiger partial charge in [0.05, 0.1) is 12.2 Å². The maximum atomic E-state index is 11.4. The van der Waals surface area contributed by atoms with Crippen molar-refractivity contribution in [3.05, 3.63) is 35.9 Å². The van der Waals surface area contributed by atoms with Crippen molar-refractivity contribution in [2.45, 2.75) is 6.92 Å². The van der Waals surface area contributed by atoms with E-state index in [2.05, 4.69) is 0 Å². The van der Waals surface area contributed by atoms with Crippen LogP contribution in [0.3, 0.4) is 0 Å². The number of carbonyl (C=O) groups excluding carboxylic acids is 1. The first-order valence-corrected chi connectivity index (χ1v) is 5.22. The summed E-state index contributed by atoms with van der Waals surface area (Å²) >= 11 is 0. The van der Waals surface area contributed by atoms with E-state index in [0.29, 0.717) is 18.8 Å². The van der Waals surface area contributed by atoms with E-state index in [0.717, 1.165) is 0 Å². The van der Waals surface area contributed by atoms with E-state index in [1.54, 1.807) is 24.3 Å². The van der Waals surface area contributed by atoms with E-state index in [9.17, 15) is 4.79 Å². The van der Waals surface area contributed by atoms with Gasteiger partial charge in [-0.15, -0.1) is 0 Å². The van der Waals surface area contributed by atoms with Crippen LogP contribution in [0.15, 0.2) is 30.3 Å². The van der Waals surface area contributed by atoms with E-state index in [-0.39, 0.29) is 19.4 Å². The Labute approximate surface area is 95.1 Å². The van der Waals surface area contributed by atoms with Gasteiger partial charge in [-0.2, -0.15) is 0 Å². The largest absolute Gasteiger partial charge is 0.460 e. The van der Waals surface area contributed by atoms with Gasteiger partial charge < -0.3 is 14.2 Å². The van der Waals surface area contributed by atoms with Crippen molar-refractivity contribution >= 4 is 5.97 Å². The van der Waals surface area contributed by atoms with Gasteiger partial charge in [-0.25, -0.2) is 4.79 Å². The molecule has 0 aliphatic carbocycles. The predicted octanol–water partition coefficient (Wildman–Crippen LogP) is 1.85. The third-order valence-electron chi connectivity index (χ3n) is 1.84. The van der Waals surface area contributed by atoms with Crippen LogP contribution in [0, 0.1) is 0 Å². The molecule has 4 heteroatoms.